The molecule has 4 aliphatic carbocycles. The fourth-order valence-corrected chi connectivity index (χ4v) is 37.2. The number of methoxy groups -OCH3 is 1. The monoisotopic (exact) mass is 1650 g/mol. The van der Waals surface area contributed by atoms with E-state index in [0.717, 1.165) is 90.6 Å². The average Bonchev–Trinajstić information content (AvgIpc) is 0.716. The van der Waals surface area contributed by atoms with Crippen LogP contribution in [0.3, 0.4) is 0 Å². The number of carboxylic acids is 1. The van der Waals surface area contributed by atoms with Gasteiger partial charge in [-0.25, -0.2) is 8.42 Å². The van der Waals surface area contributed by atoms with Crippen LogP contribution in [0.4, 0.5) is 0 Å². The van der Waals surface area contributed by atoms with E-state index in [9.17, 15) is 36.9 Å². The maximum atomic E-state index is 12.8. The first kappa shape index (κ1) is 106. The first-order valence-corrected chi connectivity index (χ1v) is 56.9. The number of esters is 4. The van der Waals surface area contributed by atoms with E-state index in [1.165, 1.54) is 32.1 Å². The summed E-state index contributed by atoms with van der Waals surface area (Å²) in [6.45, 7) is 63.0. The minimum absolute atomic E-state index is 0.120. The molecule has 0 amide bonds. The van der Waals surface area contributed by atoms with E-state index >= 15 is 0 Å². The van der Waals surface area contributed by atoms with Gasteiger partial charge in [-0.3, -0.25) is 24.0 Å². The van der Waals surface area contributed by atoms with Crippen molar-refractivity contribution in [3.63, 3.8) is 0 Å². The maximum Gasteiger partial charge on any atom is 0.314 e. The van der Waals surface area contributed by atoms with Crippen molar-refractivity contribution in [1.82, 2.24) is 0 Å². The number of nitrogens with one attached hydrogen (secondary N) is 1. The van der Waals surface area contributed by atoms with Crippen LogP contribution in [0.5, 0.6) is 0 Å². The highest BCUT2D eigenvalue weighted by Gasteiger charge is 2.63. The summed E-state index contributed by atoms with van der Waals surface area (Å²) in [4.78, 5) is 61.2. The second-order valence-corrected chi connectivity index (χ2v) is 56.7. The number of quaternary nitrogens is 1. The predicted molar refractivity (Wildman–Crippen MR) is 435 cm³/mol. The largest absolute Gasteiger partial charge is 0.748 e. The van der Waals surface area contributed by atoms with Crippen LogP contribution in [0.2, 0.25) is 78.1 Å². The molecule has 0 aromatic heterocycles. The van der Waals surface area contributed by atoms with Gasteiger partial charge in [-0.05, 0) is 222 Å². The molecule has 1 saturated heterocycles. The number of unbranched alkanes of at least 4 members (excludes halogenated alkanes) is 2. The minimum Gasteiger partial charge on any atom is -0.748 e. The highest BCUT2D eigenvalue weighted by atomic mass is 32.2. The molecule has 25 nitrogen and oxygen atoms in total. The predicted octanol–water partition coefficient (Wildman–Crippen LogP) is 13.7. The molecule has 3 unspecified atom stereocenters. The van der Waals surface area contributed by atoms with Crippen LogP contribution in [-0.2, 0) is 103 Å². The van der Waals surface area contributed by atoms with Gasteiger partial charge in [0, 0.05) is 20.1 Å². The number of carboxylic acid groups (broad SMARTS) is 1. The van der Waals surface area contributed by atoms with E-state index in [0.29, 0.717) is 123 Å². The summed E-state index contributed by atoms with van der Waals surface area (Å²) in [7, 11) is -13.4. The highest BCUT2D eigenvalue weighted by molar-refractivity contribution is 7.85. The van der Waals surface area contributed by atoms with Crippen LogP contribution < -0.4 is 4.90 Å². The lowest BCUT2D eigenvalue weighted by atomic mass is 9.48. The van der Waals surface area contributed by atoms with E-state index < -0.39 is 109 Å². The molecule has 1 heterocycles. The van der Waals surface area contributed by atoms with Crippen LogP contribution in [0.1, 0.15) is 200 Å². The number of morpholine rings is 1. The molecule has 5 aliphatic rings. The number of aliphatic carboxylic acids is 1. The van der Waals surface area contributed by atoms with E-state index in [1.807, 2.05) is 69.2 Å². The molecule has 31 heteroatoms. The SMILES string of the molecule is CCC(C)(C)C(=O)O.CCC(C)(C)C(=O)OC12CC3CC(C1)CC(C(=O)OCCS(=O)(=O)[O-])(C3)C2.CCC(C)(C)C(=O)OCCC[Si](C)(C)O[Si](C)(C)O[Si](C)(C)O[Si](C)(C)O[Si](C)(C)C.CCCCCC(CC)COCCOCCOC(=O)C(C)(C)CC.COCCOCCOCCOCC[NH+]1CCOCC1. The molecule has 108 heavy (non-hydrogen) atoms. The molecule has 4 bridgehead atoms. The summed E-state index contributed by atoms with van der Waals surface area (Å²) in [6.07, 6.45) is 14.4. The lowest BCUT2D eigenvalue weighted by Crippen LogP contribution is -3.14. The number of rotatable bonds is 50. The van der Waals surface area contributed by atoms with Crippen molar-refractivity contribution in [2.45, 2.75) is 283 Å². The summed E-state index contributed by atoms with van der Waals surface area (Å²) in [6, 6.07) is 0.925. The zero-order valence-corrected chi connectivity index (χ0v) is 78.5. The van der Waals surface area contributed by atoms with Crippen molar-refractivity contribution in [1.29, 1.82) is 0 Å². The molecular formula is C77H157NO24SSi5. The Balaban J connectivity index is 0.00000138. The minimum atomic E-state index is -4.42. The summed E-state index contributed by atoms with van der Waals surface area (Å²) in [5, 5.41) is 8.44. The van der Waals surface area contributed by atoms with E-state index in [1.54, 1.807) is 25.9 Å². The van der Waals surface area contributed by atoms with Crippen LogP contribution in [-0.4, -0.2) is 234 Å². The van der Waals surface area contributed by atoms with Gasteiger partial charge in [-0.1, -0.05) is 67.2 Å². The Bertz CT molecular complexity index is 2620. The Morgan fingerprint density at radius 1 is 0.537 bits per heavy atom. The average molecular weight is 1650 g/mol. The fourth-order valence-electron chi connectivity index (χ4n) is 13.2. The number of carbonyl (C=O) groups excluding carboxylic acids is 4. The van der Waals surface area contributed by atoms with Gasteiger partial charge in [-0.2, -0.15) is 0 Å². The van der Waals surface area contributed by atoms with Crippen LogP contribution >= 0.6 is 0 Å². The van der Waals surface area contributed by atoms with Crippen molar-refractivity contribution in [2.24, 2.45) is 44.8 Å². The highest BCUT2D eigenvalue weighted by Crippen LogP contribution is 2.63. The number of ether oxygens (including phenoxy) is 11. The molecule has 0 radical (unpaired) electrons. The van der Waals surface area contributed by atoms with Crippen molar-refractivity contribution in [3.8, 4) is 0 Å². The number of carbonyl (C=O) groups is 5. The molecular weight excluding hydrogens is 1500 g/mol. The third kappa shape index (κ3) is 47.0. The van der Waals surface area contributed by atoms with Crippen LogP contribution in [0, 0.1) is 44.8 Å². The molecule has 1 aliphatic heterocycles. The smallest absolute Gasteiger partial charge is 0.314 e. The first-order valence-electron chi connectivity index (χ1n) is 40.3. The third-order valence-corrected chi connectivity index (χ3v) is 38.9. The van der Waals surface area contributed by atoms with Gasteiger partial charge >= 0.3 is 55.5 Å². The van der Waals surface area contributed by atoms with Crippen LogP contribution in [0.25, 0.3) is 0 Å². The molecule has 0 spiro atoms. The Morgan fingerprint density at radius 3 is 1.43 bits per heavy atom. The molecule has 0 aromatic carbocycles. The van der Waals surface area contributed by atoms with Gasteiger partial charge in [-0.15, -0.1) is 0 Å². The number of hydrogen-bond donors (Lipinski definition) is 2. The molecule has 0 aromatic rings. The van der Waals surface area contributed by atoms with Gasteiger partial charge in [0.1, 0.15) is 38.4 Å². The van der Waals surface area contributed by atoms with E-state index in [4.69, 9.17) is 73.7 Å². The Kier molecular flexibility index (Phi) is 50.0. The second-order valence-electron chi connectivity index (χ2n) is 35.2. The summed E-state index contributed by atoms with van der Waals surface area (Å²) >= 11 is 0. The Morgan fingerprint density at radius 2 is 0.981 bits per heavy atom. The third-order valence-electron chi connectivity index (χ3n) is 20.3. The zero-order chi connectivity index (χ0) is 83.0. The molecule has 4 saturated carbocycles. The fraction of sp³-hybridized carbons (Fsp3) is 0.935. The van der Waals surface area contributed by atoms with Gasteiger partial charge in [0.2, 0.25) is 0 Å². The van der Waals surface area contributed by atoms with Gasteiger partial charge in [0.25, 0.3) is 0 Å². The summed E-state index contributed by atoms with van der Waals surface area (Å²) in [5.74, 6) is -1.11. The lowest BCUT2D eigenvalue weighted by Gasteiger charge is -2.60. The summed E-state index contributed by atoms with van der Waals surface area (Å²) in [5.41, 5.74) is -3.29. The van der Waals surface area contributed by atoms with Crippen LogP contribution in [0.15, 0.2) is 0 Å². The second kappa shape index (κ2) is 51.0. The molecule has 640 valence electrons. The van der Waals surface area contributed by atoms with Crippen molar-refractivity contribution in [2.75, 3.05) is 138 Å². The lowest BCUT2D eigenvalue weighted by molar-refractivity contribution is -0.908. The van der Waals surface area contributed by atoms with Gasteiger partial charge < -0.3 is 83.1 Å². The van der Waals surface area contributed by atoms with Crippen molar-refractivity contribution < 1.29 is 116 Å². The molecule has 5 rings (SSSR count). The normalized spacial score (nSPS) is 19.6. The quantitative estimate of drug-likeness (QED) is 0.0188. The Labute approximate surface area is 660 Å². The molecule has 3 atom stereocenters. The summed E-state index contributed by atoms with van der Waals surface area (Å²) < 4.78 is 118. The standard InChI is InChI=1S/C20H50O6Si5.C19H30O7S.C19H38O4.C13H27NO5.C6H12O2/c1-15-20(2,3)19(21)22-17-16-18-28(7,8)24-30(11,12)26-31(13,14)25-29(9,10)23-27(4,5)6;1-4-17(2,3)15(20)26-19-10-13-7-14(11-19)9-18(8-13,12-19)16(21)25-5-6-27(22,23)24;1-6-9-10-11-17(7-2)16-22-13-12-21-14-15-23-18(20)19(4,5)8-3;1-15-8-9-18-12-13-19-11-10-17-7-4-14-2-5-16-6-3-14;1-4-6(2,3)5(7)8/h15-18H2,1-14H3;13-14H,4-12H2,1-3H3,(H,22,23,24);17H,6-16H2,1-5H3;2-13H2,1H3;4H2,1-3H3,(H,7,8). The molecule has 2 N–H and O–H groups in total. The van der Waals surface area contributed by atoms with Gasteiger partial charge in [0.05, 0.1) is 129 Å². The number of hydrogen-bond acceptors (Lipinski definition) is 23. The van der Waals surface area contributed by atoms with Crippen molar-refractivity contribution in [3.05, 3.63) is 0 Å². The Hall–Kier alpha value is -2.14. The van der Waals surface area contributed by atoms with E-state index in [2.05, 4.69) is 85.9 Å². The maximum absolute atomic E-state index is 12.8. The molecule has 5 fully saturated rings. The van der Waals surface area contributed by atoms with Crippen molar-refractivity contribution >= 4 is 82.3 Å². The zero-order valence-electron chi connectivity index (χ0n) is 72.6. The van der Waals surface area contributed by atoms with Gasteiger partial charge in [0.15, 0.2) is 16.6 Å². The first-order chi connectivity index (χ1) is 49.8. The topological polar surface area (TPSA) is 306 Å². The van der Waals surface area contributed by atoms with E-state index in [-0.39, 0.29) is 17.9 Å².